The van der Waals surface area contributed by atoms with Crippen molar-refractivity contribution in [1.82, 2.24) is 4.98 Å². The van der Waals surface area contributed by atoms with E-state index in [9.17, 15) is 0 Å². The Morgan fingerprint density at radius 2 is 1.73 bits per heavy atom. The minimum absolute atomic E-state index is 0.799. The van der Waals surface area contributed by atoms with Crippen molar-refractivity contribution >= 4 is 16.6 Å². The zero-order chi connectivity index (χ0) is 20.5. The van der Waals surface area contributed by atoms with Gasteiger partial charge in [-0.25, -0.2) is 4.98 Å². The third-order valence-corrected chi connectivity index (χ3v) is 5.88. The van der Waals surface area contributed by atoms with Gasteiger partial charge < -0.3 is 10.1 Å². The van der Waals surface area contributed by atoms with Gasteiger partial charge in [-0.15, -0.1) is 0 Å². The van der Waals surface area contributed by atoms with Crippen molar-refractivity contribution in [2.45, 2.75) is 33.1 Å². The Hall–Kier alpha value is -3.33. The smallest absolute Gasteiger partial charge is 0.153 e. The molecule has 0 fully saturated rings. The summed E-state index contributed by atoms with van der Waals surface area (Å²) in [5, 5.41) is 4.81. The predicted molar refractivity (Wildman–Crippen MR) is 125 cm³/mol. The van der Waals surface area contributed by atoms with Crippen molar-refractivity contribution in [3.8, 4) is 22.6 Å². The first-order valence-electron chi connectivity index (χ1n) is 10.8. The Morgan fingerprint density at radius 1 is 0.933 bits per heavy atom. The Labute approximate surface area is 177 Å². The summed E-state index contributed by atoms with van der Waals surface area (Å²) in [6.07, 6.45) is 3.20. The van der Waals surface area contributed by atoms with Gasteiger partial charge in [0.1, 0.15) is 11.3 Å². The number of nitrogens with one attached hydrogen (secondary N) is 1. The second-order valence-electron chi connectivity index (χ2n) is 7.88. The van der Waals surface area contributed by atoms with Gasteiger partial charge in [0, 0.05) is 23.3 Å². The van der Waals surface area contributed by atoms with E-state index in [2.05, 4.69) is 55.6 Å². The van der Waals surface area contributed by atoms with Gasteiger partial charge in [-0.2, -0.15) is 0 Å². The Bertz CT molecular complexity index is 1210. The molecule has 3 aromatic carbocycles. The molecule has 150 valence electrons. The molecule has 5 rings (SSSR count). The molecule has 4 aromatic rings. The Kier molecular flexibility index (Phi) is 4.88. The predicted octanol–water partition coefficient (Wildman–Crippen LogP) is 6.92. The normalized spacial score (nSPS) is 12.6. The van der Waals surface area contributed by atoms with Gasteiger partial charge in [-0.05, 0) is 66.3 Å². The number of benzene rings is 3. The van der Waals surface area contributed by atoms with Gasteiger partial charge in [0.25, 0.3) is 0 Å². The van der Waals surface area contributed by atoms with Gasteiger partial charge >= 0.3 is 0 Å². The van der Waals surface area contributed by atoms with Crippen LogP contribution in [-0.4, -0.2) is 11.5 Å². The van der Waals surface area contributed by atoms with Crippen molar-refractivity contribution in [2.24, 2.45) is 0 Å². The standard InChI is InChI=1S/C27H26N2O/c1-3-9-19-10-7-8-13-22(19)23-14-15-24(30-20-11-5-4-6-12-20)27-25(23)26-21(16-17-28-26)18(2)29-27/h4-8,10-15,28H,3,9,16-17H2,1-2H3. The van der Waals surface area contributed by atoms with E-state index in [0.717, 1.165) is 48.5 Å². The molecule has 1 aromatic heterocycles. The second-order valence-corrected chi connectivity index (χ2v) is 7.88. The number of pyridine rings is 1. The number of anilines is 1. The van der Waals surface area contributed by atoms with Crippen LogP contribution in [0.1, 0.15) is 30.2 Å². The highest BCUT2D eigenvalue weighted by molar-refractivity contribution is 6.07. The Morgan fingerprint density at radius 3 is 2.57 bits per heavy atom. The third kappa shape index (κ3) is 3.21. The lowest BCUT2D eigenvalue weighted by Gasteiger charge is -2.18. The van der Waals surface area contributed by atoms with Crippen LogP contribution < -0.4 is 10.1 Å². The van der Waals surface area contributed by atoms with Crippen LogP contribution >= 0.6 is 0 Å². The van der Waals surface area contributed by atoms with Gasteiger partial charge in [-0.3, -0.25) is 0 Å². The molecule has 0 spiro atoms. The van der Waals surface area contributed by atoms with Crippen LogP contribution in [0.2, 0.25) is 0 Å². The molecular weight excluding hydrogens is 368 g/mol. The zero-order valence-corrected chi connectivity index (χ0v) is 17.5. The van der Waals surface area contributed by atoms with E-state index in [4.69, 9.17) is 9.72 Å². The Balaban J connectivity index is 1.78. The summed E-state index contributed by atoms with van der Waals surface area (Å²) in [7, 11) is 0. The van der Waals surface area contributed by atoms with Gasteiger partial charge in [0.05, 0.1) is 0 Å². The number of rotatable bonds is 5. The molecular formula is C27H26N2O. The molecule has 0 unspecified atom stereocenters. The quantitative estimate of drug-likeness (QED) is 0.399. The summed E-state index contributed by atoms with van der Waals surface area (Å²) < 4.78 is 6.28. The van der Waals surface area contributed by atoms with Crippen LogP contribution in [0.4, 0.5) is 5.69 Å². The third-order valence-electron chi connectivity index (χ3n) is 5.88. The lowest BCUT2D eigenvalue weighted by molar-refractivity contribution is 0.487. The lowest BCUT2D eigenvalue weighted by atomic mass is 9.92. The fourth-order valence-electron chi connectivity index (χ4n) is 4.51. The molecule has 1 aliphatic rings. The number of para-hydroxylation sites is 1. The molecule has 0 saturated carbocycles. The van der Waals surface area contributed by atoms with Crippen LogP contribution in [0.3, 0.4) is 0 Å². The second kappa shape index (κ2) is 7.83. The maximum Gasteiger partial charge on any atom is 0.153 e. The van der Waals surface area contributed by atoms with Gasteiger partial charge in [0.15, 0.2) is 5.75 Å². The first-order valence-corrected chi connectivity index (χ1v) is 10.8. The maximum absolute atomic E-state index is 6.28. The number of hydrogen-bond donors (Lipinski definition) is 1. The van der Waals surface area contributed by atoms with Crippen LogP contribution in [0, 0.1) is 6.92 Å². The van der Waals surface area contributed by atoms with E-state index >= 15 is 0 Å². The largest absolute Gasteiger partial charge is 0.455 e. The van der Waals surface area contributed by atoms with E-state index in [0.29, 0.717) is 0 Å². The topological polar surface area (TPSA) is 34.1 Å². The molecule has 0 amide bonds. The van der Waals surface area contributed by atoms with Crippen LogP contribution in [0.5, 0.6) is 11.5 Å². The molecule has 3 heteroatoms. The molecule has 0 atom stereocenters. The highest BCUT2D eigenvalue weighted by Crippen LogP contribution is 2.43. The molecule has 0 bridgehead atoms. The molecule has 3 nitrogen and oxygen atoms in total. The average Bonchev–Trinajstić information content (AvgIpc) is 3.27. The average molecular weight is 395 g/mol. The number of hydrogen-bond acceptors (Lipinski definition) is 3. The number of ether oxygens (including phenoxy) is 1. The number of aryl methyl sites for hydroxylation is 2. The maximum atomic E-state index is 6.28. The van der Waals surface area contributed by atoms with Crippen molar-refractivity contribution in [1.29, 1.82) is 0 Å². The minimum atomic E-state index is 0.799. The first kappa shape index (κ1) is 18.7. The molecule has 0 saturated heterocycles. The zero-order valence-electron chi connectivity index (χ0n) is 17.5. The summed E-state index contributed by atoms with van der Waals surface area (Å²) >= 11 is 0. The monoisotopic (exact) mass is 394 g/mol. The molecule has 0 aliphatic carbocycles. The summed E-state index contributed by atoms with van der Waals surface area (Å²) in [5.74, 6) is 1.62. The van der Waals surface area contributed by atoms with Crippen molar-refractivity contribution < 1.29 is 4.74 Å². The fourth-order valence-corrected chi connectivity index (χ4v) is 4.51. The summed E-state index contributed by atoms with van der Waals surface area (Å²) in [4.78, 5) is 5.04. The molecule has 1 aliphatic heterocycles. The fraction of sp³-hybridized carbons (Fsp3) is 0.222. The minimum Gasteiger partial charge on any atom is -0.455 e. The summed E-state index contributed by atoms with van der Waals surface area (Å²) in [5.41, 5.74) is 8.45. The van der Waals surface area contributed by atoms with Crippen molar-refractivity contribution in [2.75, 3.05) is 11.9 Å². The summed E-state index contributed by atoms with van der Waals surface area (Å²) in [6, 6.07) is 23.0. The molecule has 1 N–H and O–H groups in total. The van der Waals surface area contributed by atoms with E-state index in [-0.39, 0.29) is 0 Å². The number of fused-ring (bicyclic) bond motifs is 3. The van der Waals surface area contributed by atoms with Crippen molar-refractivity contribution in [3.05, 3.63) is 83.6 Å². The summed E-state index contributed by atoms with van der Waals surface area (Å²) in [6.45, 7) is 5.29. The molecule has 30 heavy (non-hydrogen) atoms. The van der Waals surface area contributed by atoms with Crippen LogP contribution in [-0.2, 0) is 12.8 Å². The van der Waals surface area contributed by atoms with Gasteiger partial charge in [0.2, 0.25) is 0 Å². The molecule has 0 radical (unpaired) electrons. The van der Waals surface area contributed by atoms with E-state index < -0.39 is 0 Å². The van der Waals surface area contributed by atoms with Crippen molar-refractivity contribution in [3.63, 3.8) is 0 Å². The van der Waals surface area contributed by atoms with E-state index in [1.165, 1.54) is 33.3 Å². The van der Waals surface area contributed by atoms with Crippen LogP contribution in [0.15, 0.2) is 66.7 Å². The van der Waals surface area contributed by atoms with E-state index in [1.807, 2.05) is 30.3 Å². The van der Waals surface area contributed by atoms with E-state index in [1.54, 1.807) is 0 Å². The molecule has 2 heterocycles. The van der Waals surface area contributed by atoms with Crippen LogP contribution in [0.25, 0.3) is 22.0 Å². The van der Waals surface area contributed by atoms with Gasteiger partial charge in [-0.1, -0.05) is 55.8 Å². The lowest BCUT2D eigenvalue weighted by Crippen LogP contribution is -1.99. The highest BCUT2D eigenvalue weighted by atomic mass is 16.5. The number of aromatic nitrogens is 1. The number of nitrogens with zero attached hydrogens (tertiary/aromatic N) is 1. The SMILES string of the molecule is CCCc1ccccc1-c1ccc(Oc2ccccc2)c2nc(C)c3c(c12)NCC3. The highest BCUT2D eigenvalue weighted by Gasteiger charge is 2.23. The first-order chi connectivity index (χ1) is 14.8.